The van der Waals surface area contributed by atoms with Gasteiger partial charge >= 0.3 is 0 Å². The van der Waals surface area contributed by atoms with E-state index in [1.165, 1.54) is 59.9 Å². The molecular formula is C44H26N2O. The van der Waals surface area contributed by atoms with Crippen LogP contribution in [0, 0.1) is 0 Å². The molecule has 0 aliphatic rings. The highest BCUT2D eigenvalue weighted by Gasteiger charge is 2.21. The van der Waals surface area contributed by atoms with Crippen molar-refractivity contribution < 1.29 is 4.42 Å². The summed E-state index contributed by atoms with van der Waals surface area (Å²) in [5.41, 5.74) is 11.2. The molecule has 0 amide bonds. The molecule has 0 spiro atoms. The zero-order valence-corrected chi connectivity index (χ0v) is 25.3. The second-order valence-electron chi connectivity index (χ2n) is 12.5. The zero-order chi connectivity index (χ0) is 30.6. The Kier molecular flexibility index (Phi) is 4.84. The molecule has 0 aliphatic carbocycles. The van der Waals surface area contributed by atoms with Gasteiger partial charge in [0.15, 0.2) is 0 Å². The highest BCUT2D eigenvalue weighted by atomic mass is 16.3. The largest absolute Gasteiger partial charge is 0.456 e. The molecular weight excluding hydrogens is 572 g/mol. The number of furan rings is 1. The Bertz CT molecular complexity index is 3050. The first-order chi connectivity index (χ1) is 23.3. The molecule has 0 fully saturated rings. The monoisotopic (exact) mass is 598 g/mol. The van der Waals surface area contributed by atoms with Gasteiger partial charge in [-0.1, -0.05) is 109 Å². The fourth-order valence-electron chi connectivity index (χ4n) is 8.12. The molecule has 3 aromatic heterocycles. The van der Waals surface area contributed by atoms with Crippen molar-refractivity contribution in [3.63, 3.8) is 0 Å². The summed E-state index contributed by atoms with van der Waals surface area (Å²) in [7, 11) is 0. The molecule has 8 aromatic carbocycles. The van der Waals surface area contributed by atoms with Crippen LogP contribution in [0.3, 0.4) is 0 Å². The first kappa shape index (κ1) is 24.9. The predicted molar refractivity (Wildman–Crippen MR) is 197 cm³/mol. The number of rotatable bonds is 2. The molecule has 0 atom stereocenters. The maximum atomic E-state index is 6.57. The Labute approximate surface area is 269 Å². The van der Waals surface area contributed by atoms with Gasteiger partial charge in [-0.05, 0) is 69.8 Å². The molecule has 3 heterocycles. The molecule has 0 saturated heterocycles. The Hall–Kier alpha value is -6.32. The first-order valence-corrected chi connectivity index (χ1v) is 16.1. The van der Waals surface area contributed by atoms with Crippen molar-refractivity contribution in [2.75, 3.05) is 0 Å². The Morgan fingerprint density at radius 3 is 2.06 bits per heavy atom. The van der Waals surface area contributed by atoms with Crippen LogP contribution in [0.15, 0.2) is 162 Å². The molecule has 11 rings (SSSR count). The van der Waals surface area contributed by atoms with E-state index in [4.69, 9.17) is 4.42 Å². The third-order valence-electron chi connectivity index (χ3n) is 10.1. The molecule has 0 N–H and O–H groups in total. The quantitative estimate of drug-likeness (QED) is 0.194. The van der Waals surface area contributed by atoms with E-state index in [1.54, 1.807) is 0 Å². The highest BCUT2D eigenvalue weighted by Crippen LogP contribution is 2.43. The van der Waals surface area contributed by atoms with Crippen LogP contribution in [0.2, 0.25) is 0 Å². The van der Waals surface area contributed by atoms with E-state index >= 15 is 0 Å². The number of hydrogen-bond acceptors (Lipinski definition) is 1. The van der Waals surface area contributed by atoms with E-state index in [0.29, 0.717) is 0 Å². The molecule has 3 nitrogen and oxygen atoms in total. The van der Waals surface area contributed by atoms with Crippen molar-refractivity contribution >= 4 is 81.8 Å². The maximum Gasteiger partial charge on any atom is 0.137 e. The van der Waals surface area contributed by atoms with Crippen LogP contribution in [0.25, 0.3) is 98.7 Å². The van der Waals surface area contributed by atoms with E-state index in [0.717, 1.165) is 38.8 Å². The lowest BCUT2D eigenvalue weighted by Gasteiger charge is -2.13. The summed E-state index contributed by atoms with van der Waals surface area (Å²) in [4.78, 5) is 0. The lowest BCUT2D eigenvalue weighted by molar-refractivity contribution is 0.669. The van der Waals surface area contributed by atoms with E-state index < -0.39 is 0 Å². The maximum absolute atomic E-state index is 6.57. The van der Waals surface area contributed by atoms with Crippen molar-refractivity contribution in [3.05, 3.63) is 158 Å². The fraction of sp³-hybridized carbons (Fsp3) is 0. The minimum Gasteiger partial charge on any atom is -0.456 e. The second-order valence-corrected chi connectivity index (χ2v) is 12.5. The van der Waals surface area contributed by atoms with Crippen LogP contribution >= 0.6 is 0 Å². The molecule has 3 heteroatoms. The van der Waals surface area contributed by atoms with Gasteiger partial charge in [-0.15, -0.1) is 0 Å². The Morgan fingerprint density at radius 2 is 1.13 bits per heavy atom. The number of benzene rings is 8. The minimum absolute atomic E-state index is 0.888. The molecule has 0 aliphatic heterocycles. The summed E-state index contributed by atoms with van der Waals surface area (Å²) in [5.74, 6) is 0. The summed E-state index contributed by atoms with van der Waals surface area (Å²) in [5, 5.41) is 9.74. The number of para-hydroxylation sites is 2. The van der Waals surface area contributed by atoms with Gasteiger partial charge in [-0.25, -0.2) is 0 Å². The number of hydrogen-bond donors (Lipinski definition) is 0. The van der Waals surface area contributed by atoms with E-state index in [9.17, 15) is 0 Å². The lowest BCUT2D eigenvalue weighted by atomic mass is 9.98. The van der Waals surface area contributed by atoms with Crippen molar-refractivity contribution in [2.24, 2.45) is 0 Å². The van der Waals surface area contributed by atoms with Crippen molar-refractivity contribution in [2.45, 2.75) is 0 Å². The van der Waals surface area contributed by atoms with Gasteiger partial charge in [0.2, 0.25) is 0 Å². The second kappa shape index (κ2) is 9.12. The van der Waals surface area contributed by atoms with E-state index in [2.05, 4.69) is 167 Å². The SMILES string of the molecule is c1ccc(-c2cccc3c2c2ccc4cccc5c4c2n3c2ccccc2n5-c2ccc3c(c2)oc2ccc4ccccc4c23)cc1. The normalized spacial score (nSPS) is 12.3. The standard InChI is InChI=1S/C44H26N2O/c1-2-10-27(11-3-1)31-15-9-19-38-42(31)34-23-20-29-13-8-18-37-41(29)44(34)46(38)36-17-7-6-16-35(36)45(37)30-22-24-33-40(26-30)47-39-25-21-28-12-4-5-14-32(28)43(33)39/h1-26H. The van der Waals surface area contributed by atoms with Gasteiger partial charge < -0.3 is 13.4 Å². The molecule has 0 bridgehead atoms. The summed E-state index contributed by atoms with van der Waals surface area (Å²) in [6, 6.07) is 57.1. The van der Waals surface area contributed by atoms with Gasteiger partial charge in [0.05, 0.1) is 27.6 Å². The summed E-state index contributed by atoms with van der Waals surface area (Å²) < 4.78 is 11.5. The summed E-state index contributed by atoms with van der Waals surface area (Å²) >= 11 is 0. The van der Waals surface area contributed by atoms with Crippen LogP contribution in [0.1, 0.15) is 0 Å². The van der Waals surface area contributed by atoms with Crippen LogP contribution < -0.4 is 0 Å². The molecule has 47 heavy (non-hydrogen) atoms. The molecule has 0 radical (unpaired) electrons. The molecule has 0 saturated carbocycles. The smallest absolute Gasteiger partial charge is 0.137 e. The van der Waals surface area contributed by atoms with Crippen molar-refractivity contribution in [1.29, 1.82) is 0 Å². The predicted octanol–water partition coefficient (Wildman–Crippen LogP) is 12.1. The minimum atomic E-state index is 0.888. The van der Waals surface area contributed by atoms with Gasteiger partial charge in [0.25, 0.3) is 0 Å². The summed E-state index contributed by atoms with van der Waals surface area (Å²) in [6.07, 6.45) is 0. The van der Waals surface area contributed by atoms with Crippen LogP contribution in [-0.4, -0.2) is 8.97 Å². The molecule has 218 valence electrons. The van der Waals surface area contributed by atoms with E-state index in [-0.39, 0.29) is 0 Å². The molecule has 0 unspecified atom stereocenters. The topological polar surface area (TPSA) is 22.5 Å². The molecule has 11 aromatic rings. The fourth-order valence-corrected chi connectivity index (χ4v) is 8.12. The first-order valence-electron chi connectivity index (χ1n) is 16.1. The van der Waals surface area contributed by atoms with Crippen molar-refractivity contribution in [1.82, 2.24) is 8.97 Å². The Morgan fingerprint density at radius 1 is 0.404 bits per heavy atom. The average Bonchev–Trinajstić information content (AvgIpc) is 3.64. The third kappa shape index (κ3) is 3.30. The number of nitrogens with zero attached hydrogens (tertiary/aromatic N) is 2. The van der Waals surface area contributed by atoms with Gasteiger partial charge in [-0.3, -0.25) is 0 Å². The van der Waals surface area contributed by atoms with Gasteiger partial charge in [0, 0.05) is 38.7 Å². The van der Waals surface area contributed by atoms with Crippen LogP contribution in [-0.2, 0) is 0 Å². The average molecular weight is 599 g/mol. The third-order valence-corrected chi connectivity index (χ3v) is 10.1. The van der Waals surface area contributed by atoms with Gasteiger partial charge in [0.1, 0.15) is 11.2 Å². The zero-order valence-electron chi connectivity index (χ0n) is 25.3. The Balaban J connectivity index is 1.32. The highest BCUT2D eigenvalue weighted by molar-refractivity contribution is 6.26. The summed E-state index contributed by atoms with van der Waals surface area (Å²) in [6.45, 7) is 0. The van der Waals surface area contributed by atoms with Gasteiger partial charge in [-0.2, -0.15) is 0 Å². The lowest BCUT2D eigenvalue weighted by Crippen LogP contribution is -1.97. The number of aromatic nitrogens is 2. The van der Waals surface area contributed by atoms with Crippen LogP contribution in [0.5, 0.6) is 0 Å². The number of fused-ring (bicyclic) bond motifs is 10. The van der Waals surface area contributed by atoms with Crippen LogP contribution in [0.4, 0.5) is 0 Å². The van der Waals surface area contributed by atoms with E-state index in [1.807, 2.05) is 0 Å². The van der Waals surface area contributed by atoms with Crippen molar-refractivity contribution in [3.8, 4) is 16.8 Å².